The van der Waals surface area contributed by atoms with Crippen LogP contribution in [0.25, 0.3) is 11.1 Å². The van der Waals surface area contributed by atoms with Crippen molar-refractivity contribution in [3.8, 4) is 11.1 Å². The van der Waals surface area contributed by atoms with Gasteiger partial charge in [0.25, 0.3) is 0 Å². The van der Waals surface area contributed by atoms with Gasteiger partial charge in [0.1, 0.15) is 0 Å². The van der Waals surface area contributed by atoms with Crippen LogP contribution in [0.1, 0.15) is 50.2 Å². The molecule has 0 heteroatoms. The summed E-state index contributed by atoms with van der Waals surface area (Å²) >= 11 is 0. The first-order valence-corrected chi connectivity index (χ1v) is 7.51. The third kappa shape index (κ3) is 2.10. The van der Waals surface area contributed by atoms with Gasteiger partial charge in [0.2, 0.25) is 0 Å². The van der Waals surface area contributed by atoms with Crippen molar-refractivity contribution in [2.24, 2.45) is 5.92 Å². The van der Waals surface area contributed by atoms with Crippen molar-refractivity contribution in [3.05, 3.63) is 59.7 Å². The molecular formula is C19H22. The van der Waals surface area contributed by atoms with Crippen LogP contribution in [0.2, 0.25) is 0 Å². The molecule has 0 spiro atoms. The molecule has 1 aliphatic carbocycles. The molecule has 0 aromatic heterocycles. The highest BCUT2D eigenvalue weighted by atomic mass is 14.3. The zero-order valence-corrected chi connectivity index (χ0v) is 11.9. The zero-order valence-electron chi connectivity index (χ0n) is 11.9. The fraction of sp³-hybridized carbons (Fsp3) is 0.368. The molecule has 0 saturated carbocycles. The molecule has 2 aromatic rings. The van der Waals surface area contributed by atoms with Crippen LogP contribution >= 0.6 is 0 Å². The Kier molecular flexibility index (Phi) is 3.42. The van der Waals surface area contributed by atoms with E-state index in [1.165, 1.54) is 41.5 Å². The summed E-state index contributed by atoms with van der Waals surface area (Å²) in [4.78, 5) is 0. The van der Waals surface area contributed by atoms with Gasteiger partial charge in [-0.05, 0) is 34.6 Å². The Morgan fingerprint density at radius 2 is 1.42 bits per heavy atom. The van der Waals surface area contributed by atoms with Crippen LogP contribution in [0.5, 0.6) is 0 Å². The highest BCUT2D eigenvalue weighted by Crippen LogP contribution is 2.48. The van der Waals surface area contributed by atoms with Crippen LogP contribution < -0.4 is 0 Å². The minimum Gasteiger partial charge on any atom is -0.0654 e. The lowest BCUT2D eigenvalue weighted by Gasteiger charge is -2.21. The van der Waals surface area contributed by atoms with Gasteiger partial charge in [-0.1, -0.05) is 75.2 Å². The van der Waals surface area contributed by atoms with E-state index in [4.69, 9.17) is 0 Å². The monoisotopic (exact) mass is 250 g/mol. The number of hydrogen-bond acceptors (Lipinski definition) is 0. The average Bonchev–Trinajstić information content (AvgIpc) is 2.79. The van der Waals surface area contributed by atoms with Gasteiger partial charge in [-0.3, -0.25) is 0 Å². The second-order valence-corrected chi connectivity index (χ2v) is 5.77. The summed E-state index contributed by atoms with van der Waals surface area (Å²) in [6.07, 6.45) is 3.95. The normalized spacial score (nSPS) is 15.1. The van der Waals surface area contributed by atoms with E-state index in [0.717, 1.165) is 5.92 Å². The molecule has 1 aliphatic rings. The minimum absolute atomic E-state index is 0.596. The van der Waals surface area contributed by atoms with E-state index in [-0.39, 0.29) is 0 Å². The molecule has 2 aromatic carbocycles. The van der Waals surface area contributed by atoms with E-state index >= 15 is 0 Å². The smallest absolute Gasteiger partial charge is 0.0127 e. The number of benzene rings is 2. The van der Waals surface area contributed by atoms with Crippen LogP contribution in [0.4, 0.5) is 0 Å². The van der Waals surface area contributed by atoms with Crippen molar-refractivity contribution in [2.75, 3.05) is 0 Å². The van der Waals surface area contributed by atoms with Crippen molar-refractivity contribution < 1.29 is 0 Å². The Bertz CT molecular complexity index is 522. The molecule has 0 heterocycles. The highest BCUT2D eigenvalue weighted by molar-refractivity contribution is 5.78. The number of hydrogen-bond donors (Lipinski definition) is 0. The van der Waals surface area contributed by atoms with Crippen LogP contribution in [-0.2, 0) is 0 Å². The second kappa shape index (κ2) is 5.21. The number of unbranched alkanes of at least 4 members (excludes halogenated alkanes) is 1. The van der Waals surface area contributed by atoms with Crippen LogP contribution in [0.15, 0.2) is 48.5 Å². The second-order valence-electron chi connectivity index (χ2n) is 5.77. The fourth-order valence-electron chi connectivity index (χ4n) is 3.50. The van der Waals surface area contributed by atoms with E-state index in [2.05, 4.69) is 62.4 Å². The number of rotatable bonds is 4. The van der Waals surface area contributed by atoms with Crippen LogP contribution in [-0.4, -0.2) is 0 Å². The molecule has 0 radical (unpaired) electrons. The van der Waals surface area contributed by atoms with Crippen molar-refractivity contribution in [1.82, 2.24) is 0 Å². The van der Waals surface area contributed by atoms with Gasteiger partial charge in [-0.2, -0.15) is 0 Å². The Labute approximate surface area is 116 Å². The van der Waals surface area contributed by atoms with Crippen molar-refractivity contribution in [3.63, 3.8) is 0 Å². The lowest BCUT2D eigenvalue weighted by molar-refractivity contribution is 0.460. The molecule has 0 aliphatic heterocycles. The molecule has 0 amide bonds. The Morgan fingerprint density at radius 1 is 0.895 bits per heavy atom. The lowest BCUT2D eigenvalue weighted by atomic mass is 9.82. The summed E-state index contributed by atoms with van der Waals surface area (Å²) in [5.74, 6) is 1.32. The third-order valence-electron chi connectivity index (χ3n) is 4.46. The predicted molar refractivity (Wildman–Crippen MR) is 82.4 cm³/mol. The van der Waals surface area contributed by atoms with Gasteiger partial charge in [0.05, 0.1) is 0 Å². The Balaban J connectivity index is 2.04. The summed E-state index contributed by atoms with van der Waals surface area (Å²) in [6, 6.07) is 17.9. The summed E-state index contributed by atoms with van der Waals surface area (Å²) in [6.45, 7) is 4.70. The molecule has 19 heavy (non-hydrogen) atoms. The topological polar surface area (TPSA) is 0 Å². The molecule has 1 unspecified atom stereocenters. The molecular weight excluding hydrogens is 228 g/mol. The summed E-state index contributed by atoms with van der Waals surface area (Å²) < 4.78 is 0. The maximum Gasteiger partial charge on any atom is 0.0127 e. The molecule has 0 N–H and O–H groups in total. The van der Waals surface area contributed by atoms with Gasteiger partial charge in [-0.15, -0.1) is 0 Å². The average molecular weight is 250 g/mol. The van der Waals surface area contributed by atoms with Crippen molar-refractivity contribution in [2.45, 2.75) is 39.0 Å². The van der Waals surface area contributed by atoms with Crippen LogP contribution in [0, 0.1) is 5.92 Å². The molecule has 0 fully saturated rings. The van der Waals surface area contributed by atoms with E-state index in [9.17, 15) is 0 Å². The van der Waals surface area contributed by atoms with E-state index in [0.29, 0.717) is 5.92 Å². The SMILES string of the molecule is CCCCC(C)C1c2ccccc2-c2ccccc21. The van der Waals surface area contributed by atoms with Gasteiger partial charge in [-0.25, -0.2) is 0 Å². The van der Waals surface area contributed by atoms with Gasteiger partial charge in [0.15, 0.2) is 0 Å². The maximum absolute atomic E-state index is 2.42. The van der Waals surface area contributed by atoms with Crippen LogP contribution in [0.3, 0.4) is 0 Å². The lowest BCUT2D eigenvalue weighted by Crippen LogP contribution is -2.08. The number of fused-ring (bicyclic) bond motifs is 3. The summed E-state index contributed by atoms with van der Waals surface area (Å²) in [5, 5.41) is 0. The highest BCUT2D eigenvalue weighted by Gasteiger charge is 2.31. The van der Waals surface area contributed by atoms with E-state index < -0.39 is 0 Å². The molecule has 0 nitrogen and oxygen atoms in total. The van der Waals surface area contributed by atoms with Crippen molar-refractivity contribution >= 4 is 0 Å². The Hall–Kier alpha value is -1.56. The third-order valence-corrected chi connectivity index (χ3v) is 4.46. The van der Waals surface area contributed by atoms with E-state index in [1.54, 1.807) is 0 Å². The molecule has 3 rings (SSSR count). The fourth-order valence-corrected chi connectivity index (χ4v) is 3.50. The standard InChI is InChI=1S/C19H22/c1-3-4-9-14(2)19-17-12-7-5-10-15(17)16-11-6-8-13-18(16)19/h5-8,10-14,19H,3-4,9H2,1-2H3. The van der Waals surface area contributed by atoms with Gasteiger partial charge >= 0.3 is 0 Å². The van der Waals surface area contributed by atoms with E-state index in [1.807, 2.05) is 0 Å². The molecule has 98 valence electrons. The molecule has 0 saturated heterocycles. The van der Waals surface area contributed by atoms with Crippen molar-refractivity contribution in [1.29, 1.82) is 0 Å². The first kappa shape index (κ1) is 12.5. The summed E-state index contributed by atoms with van der Waals surface area (Å²) in [5.41, 5.74) is 5.97. The molecule has 0 bridgehead atoms. The minimum atomic E-state index is 0.596. The first-order chi connectivity index (χ1) is 9.33. The van der Waals surface area contributed by atoms with Gasteiger partial charge < -0.3 is 0 Å². The summed E-state index contributed by atoms with van der Waals surface area (Å²) in [7, 11) is 0. The zero-order chi connectivity index (χ0) is 13.2. The predicted octanol–water partition coefficient (Wildman–Crippen LogP) is 5.63. The van der Waals surface area contributed by atoms with Gasteiger partial charge in [0, 0.05) is 5.92 Å². The quantitative estimate of drug-likeness (QED) is 0.660. The largest absolute Gasteiger partial charge is 0.0654 e. The molecule has 1 atom stereocenters. The maximum atomic E-state index is 2.42. The Morgan fingerprint density at radius 3 is 1.95 bits per heavy atom. The first-order valence-electron chi connectivity index (χ1n) is 7.51.